The number of nitrogens with one attached hydrogen (secondary N) is 2. The number of pyridine rings is 1. The molecule has 1 amide bonds. The van der Waals surface area contributed by atoms with Gasteiger partial charge in [0.25, 0.3) is 5.91 Å². The van der Waals surface area contributed by atoms with Gasteiger partial charge in [0.1, 0.15) is 10.3 Å². The summed E-state index contributed by atoms with van der Waals surface area (Å²) in [4.78, 5) is 15.5. The van der Waals surface area contributed by atoms with Crippen molar-refractivity contribution in [3.63, 3.8) is 0 Å². The van der Waals surface area contributed by atoms with Gasteiger partial charge in [-0.05, 0) is 28.1 Å². The van der Waals surface area contributed by atoms with E-state index in [2.05, 4.69) is 31.0 Å². The number of hydrogen-bond acceptors (Lipinski definition) is 4. The Kier molecular flexibility index (Phi) is 5.03. The topological polar surface area (TPSA) is 88.2 Å². The third kappa shape index (κ3) is 5.76. The van der Waals surface area contributed by atoms with Crippen LogP contribution >= 0.6 is 15.9 Å². The van der Waals surface area contributed by atoms with Crippen molar-refractivity contribution < 1.29 is 13.2 Å². The van der Waals surface area contributed by atoms with E-state index in [4.69, 9.17) is 0 Å². The van der Waals surface area contributed by atoms with Crippen LogP contribution in [0.5, 0.6) is 0 Å². The average molecular weight is 322 g/mol. The fourth-order valence-corrected chi connectivity index (χ4v) is 1.85. The van der Waals surface area contributed by atoms with Gasteiger partial charge in [-0.15, -0.1) is 0 Å². The predicted octanol–water partition coefficient (Wildman–Crippen LogP) is 0.123. The van der Waals surface area contributed by atoms with Crippen molar-refractivity contribution in [2.45, 2.75) is 0 Å². The molecule has 1 aromatic heterocycles. The molecule has 0 aliphatic heterocycles. The number of amides is 1. The summed E-state index contributed by atoms with van der Waals surface area (Å²) in [5.41, 5.74) is 0.277. The number of carbonyl (C=O) groups is 1. The van der Waals surface area contributed by atoms with Gasteiger partial charge in [0.2, 0.25) is 10.0 Å². The number of sulfonamides is 1. The minimum absolute atomic E-state index is 0.151. The maximum atomic E-state index is 11.5. The molecule has 0 saturated heterocycles. The van der Waals surface area contributed by atoms with Gasteiger partial charge in [-0.25, -0.2) is 18.1 Å². The Balaban J connectivity index is 2.41. The molecule has 1 rings (SSSR count). The van der Waals surface area contributed by atoms with Crippen molar-refractivity contribution in [3.8, 4) is 0 Å². The van der Waals surface area contributed by atoms with Crippen LogP contribution in [0.4, 0.5) is 0 Å². The minimum Gasteiger partial charge on any atom is -0.349 e. The Hall–Kier alpha value is -0.990. The van der Waals surface area contributed by atoms with Gasteiger partial charge in [0, 0.05) is 13.1 Å². The number of aromatic nitrogens is 1. The minimum atomic E-state index is -3.22. The summed E-state index contributed by atoms with van der Waals surface area (Å²) >= 11 is 3.16. The SMILES string of the molecule is CS(=O)(=O)NCCNC(=O)c1cccc(Br)n1. The Labute approximate surface area is 108 Å². The van der Waals surface area contributed by atoms with Crippen LogP contribution in [0.15, 0.2) is 22.8 Å². The van der Waals surface area contributed by atoms with Crippen LogP contribution in [0.3, 0.4) is 0 Å². The van der Waals surface area contributed by atoms with Gasteiger partial charge in [-0.2, -0.15) is 0 Å². The molecule has 0 aromatic carbocycles. The smallest absolute Gasteiger partial charge is 0.269 e. The first-order chi connectivity index (χ1) is 7.88. The first-order valence-corrected chi connectivity index (χ1v) is 7.42. The van der Waals surface area contributed by atoms with Gasteiger partial charge < -0.3 is 5.32 Å². The summed E-state index contributed by atoms with van der Waals surface area (Å²) in [5, 5.41) is 2.55. The second-order valence-corrected chi connectivity index (χ2v) is 5.91. The fourth-order valence-electron chi connectivity index (χ4n) is 1.04. The number of carbonyl (C=O) groups excluding carboxylic acids is 1. The van der Waals surface area contributed by atoms with Crippen LogP contribution < -0.4 is 10.0 Å². The highest BCUT2D eigenvalue weighted by molar-refractivity contribution is 9.10. The summed E-state index contributed by atoms with van der Waals surface area (Å²) < 4.78 is 24.3. The van der Waals surface area contributed by atoms with Crippen LogP contribution in [0, 0.1) is 0 Å². The number of rotatable bonds is 5. The number of halogens is 1. The highest BCUT2D eigenvalue weighted by Crippen LogP contribution is 2.05. The molecule has 0 radical (unpaired) electrons. The molecule has 0 atom stereocenters. The maximum Gasteiger partial charge on any atom is 0.269 e. The molecule has 0 aliphatic carbocycles. The molecular formula is C9H12BrN3O3S. The second kappa shape index (κ2) is 6.08. The van der Waals surface area contributed by atoms with Gasteiger partial charge in [0.15, 0.2) is 0 Å². The van der Waals surface area contributed by atoms with E-state index >= 15 is 0 Å². The number of nitrogens with zero attached hydrogens (tertiary/aromatic N) is 1. The van der Waals surface area contributed by atoms with Crippen LogP contribution in [0.2, 0.25) is 0 Å². The molecular weight excluding hydrogens is 310 g/mol. The third-order valence-corrected chi connectivity index (χ3v) is 2.89. The lowest BCUT2D eigenvalue weighted by Crippen LogP contribution is -2.34. The molecule has 2 N–H and O–H groups in total. The van der Waals surface area contributed by atoms with Crippen LogP contribution in [0.1, 0.15) is 10.5 Å². The van der Waals surface area contributed by atoms with E-state index in [0.717, 1.165) is 6.26 Å². The molecule has 0 fully saturated rings. The monoisotopic (exact) mass is 321 g/mol. The fraction of sp³-hybridized carbons (Fsp3) is 0.333. The Morgan fingerprint density at radius 2 is 2.12 bits per heavy atom. The van der Waals surface area contributed by atoms with E-state index in [0.29, 0.717) is 4.60 Å². The van der Waals surface area contributed by atoms with Gasteiger partial charge in [-0.3, -0.25) is 4.79 Å². The zero-order valence-corrected chi connectivity index (χ0v) is 11.5. The molecule has 0 spiro atoms. The van der Waals surface area contributed by atoms with Crippen molar-refractivity contribution >= 4 is 31.9 Å². The van der Waals surface area contributed by atoms with E-state index in [9.17, 15) is 13.2 Å². The number of hydrogen-bond donors (Lipinski definition) is 2. The Bertz CT molecular complexity index is 504. The average Bonchev–Trinajstić information content (AvgIpc) is 2.23. The highest BCUT2D eigenvalue weighted by Gasteiger charge is 2.07. The molecule has 1 heterocycles. The summed E-state index contributed by atoms with van der Waals surface area (Å²) in [6.45, 7) is 0.360. The van der Waals surface area contributed by atoms with Crippen molar-refractivity contribution in [1.29, 1.82) is 0 Å². The largest absolute Gasteiger partial charge is 0.349 e. The van der Waals surface area contributed by atoms with E-state index < -0.39 is 10.0 Å². The Morgan fingerprint density at radius 3 is 2.71 bits per heavy atom. The lowest BCUT2D eigenvalue weighted by molar-refractivity contribution is 0.0949. The summed E-state index contributed by atoms with van der Waals surface area (Å²) in [7, 11) is -3.22. The Morgan fingerprint density at radius 1 is 1.41 bits per heavy atom. The second-order valence-electron chi connectivity index (χ2n) is 3.27. The molecule has 0 saturated carbocycles. The van der Waals surface area contributed by atoms with Gasteiger partial charge in [0.05, 0.1) is 6.26 Å². The lowest BCUT2D eigenvalue weighted by atomic mass is 10.3. The van der Waals surface area contributed by atoms with Crippen molar-refractivity contribution in [2.75, 3.05) is 19.3 Å². The standard InChI is InChI=1S/C9H12BrN3O3S/c1-17(15,16)12-6-5-11-9(14)7-3-2-4-8(10)13-7/h2-4,12H,5-6H2,1H3,(H,11,14). The molecule has 1 aromatic rings. The summed E-state index contributed by atoms with van der Waals surface area (Å²) in [6.07, 6.45) is 1.06. The van der Waals surface area contributed by atoms with E-state index in [1.54, 1.807) is 18.2 Å². The quantitative estimate of drug-likeness (QED) is 0.595. The normalized spacial score (nSPS) is 11.2. The molecule has 8 heteroatoms. The van der Waals surface area contributed by atoms with E-state index in [1.807, 2.05) is 0 Å². The zero-order chi connectivity index (χ0) is 12.9. The molecule has 0 unspecified atom stereocenters. The van der Waals surface area contributed by atoms with E-state index in [1.165, 1.54) is 0 Å². The molecule has 6 nitrogen and oxygen atoms in total. The predicted molar refractivity (Wildman–Crippen MR) is 67.1 cm³/mol. The van der Waals surface area contributed by atoms with E-state index in [-0.39, 0.29) is 24.7 Å². The third-order valence-electron chi connectivity index (χ3n) is 1.72. The van der Waals surface area contributed by atoms with Crippen LogP contribution in [0.25, 0.3) is 0 Å². The van der Waals surface area contributed by atoms with Crippen LogP contribution in [-0.4, -0.2) is 38.7 Å². The van der Waals surface area contributed by atoms with Crippen molar-refractivity contribution in [1.82, 2.24) is 15.0 Å². The molecule has 17 heavy (non-hydrogen) atoms. The molecule has 0 bridgehead atoms. The van der Waals surface area contributed by atoms with Gasteiger partial charge >= 0.3 is 0 Å². The first kappa shape index (κ1) is 14.1. The highest BCUT2D eigenvalue weighted by atomic mass is 79.9. The molecule has 94 valence electrons. The van der Waals surface area contributed by atoms with Crippen molar-refractivity contribution in [3.05, 3.63) is 28.5 Å². The maximum absolute atomic E-state index is 11.5. The zero-order valence-electron chi connectivity index (χ0n) is 9.10. The lowest BCUT2D eigenvalue weighted by Gasteiger charge is -2.05. The van der Waals surface area contributed by atoms with Crippen LogP contribution in [-0.2, 0) is 10.0 Å². The van der Waals surface area contributed by atoms with Gasteiger partial charge in [-0.1, -0.05) is 6.07 Å². The first-order valence-electron chi connectivity index (χ1n) is 4.74. The van der Waals surface area contributed by atoms with Crippen molar-refractivity contribution in [2.24, 2.45) is 0 Å². The molecule has 0 aliphatic rings. The summed E-state index contributed by atoms with van der Waals surface area (Å²) in [5.74, 6) is -0.346. The summed E-state index contributed by atoms with van der Waals surface area (Å²) in [6, 6.07) is 4.98.